The molecule has 25 heavy (non-hydrogen) atoms. The summed E-state index contributed by atoms with van der Waals surface area (Å²) in [6, 6.07) is 17.0. The number of carbonyl (C=O) groups is 1. The first-order chi connectivity index (χ1) is 12.2. The van der Waals surface area contributed by atoms with Crippen LogP contribution >= 0.6 is 0 Å². The second-order valence-electron chi connectivity index (χ2n) is 5.86. The predicted molar refractivity (Wildman–Crippen MR) is 96.0 cm³/mol. The lowest BCUT2D eigenvalue weighted by Crippen LogP contribution is -2.37. The number of fused-ring (bicyclic) bond motifs is 1. The van der Waals surface area contributed by atoms with Crippen molar-refractivity contribution in [1.82, 2.24) is 5.32 Å². The van der Waals surface area contributed by atoms with Crippen molar-refractivity contribution in [3.63, 3.8) is 0 Å². The Morgan fingerprint density at radius 1 is 1.12 bits per heavy atom. The number of amides is 1. The van der Waals surface area contributed by atoms with Gasteiger partial charge in [0.25, 0.3) is 5.91 Å². The summed E-state index contributed by atoms with van der Waals surface area (Å²) < 4.78 is 16.5. The average molecular weight is 339 g/mol. The Hall–Kier alpha value is -2.95. The van der Waals surface area contributed by atoms with Crippen LogP contribution in [0.25, 0.3) is 11.0 Å². The molecule has 0 aliphatic heterocycles. The van der Waals surface area contributed by atoms with Crippen LogP contribution in [0.1, 0.15) is 12.7 Å². The molecule has 0 saturated carbocycles. The molecule has 1 unspecified atom stereocenters. The third kappa shape index (κ3) is 4.32. The molecule has 1 N–H and O–H groups in total. The first-order valence-corrected chi connectivity index (χ1v) is 8.18. The van der Waals surface area contributed by atoms with E-state index in [1.807, 2.05) is 49.4 Å². The largest absolute Gasteiger partial charge is 0.493 e. The Morgan fingerprint density at radius 3 is 2.60 bits per heavy atom. The zero-order valence-electron chi connectivity index (χ0n) is 14.3. The third-order valence-corrected chi connectivity index (χ3v) is 3.82. The van der Waals surface area contributed by atoms with Crippen LogP contribution in [0.2, 0.25) is 0 Å². The van der Waals surface area contributed by atoms with Crippen LogP contribution in [0, 0.1) is 0 Å². The van der Waals surface area contributed by atoms with Crippen molar-refractivity contribution < 1.29 is 18.7 Å². The van der Waals surface area contributed by atoms with Gasteiger partial charge < -0.3 is 19.2 Å². The minimum absolute atomic E-state index is 0.0608. The number of carbonyl (C=O) groups excluding carboxylic acids is 1. The van der Waals surface area contributed by atoms with Crippen LogP contribution in [0.5, 0.6) is 11.5 Å². The number of rotatable bonds is 7. The van der Waals surface area contributed by atoms with Gasteiger partial charge in [-0.3, -0.25) is 4.79 Å². The number of ether oxygens (including phenoxy) is 2. The monoisotopic (exact) mass is 339 g/mol. The number of hydrogen-bond donors (Lipinski definition) is 1. The minimum Gasteiger partial charge on any atom is -0.493 e. The topological polar surface area (TPSA) is 60.7 Å². The van der Waals surface area contributed by atoms with E-state index < -0.39 is 0 Å². The van der Waals surface area contributed by atoms with Gasteiger partial charge in [0, 0.05) is 17.8 Å². The normalized spacial score (nSPS) is 11.9. The van der Waals surface area contributed by atoms with E-state index in [0.717, 1.165) is 16.7 Å². The van der Waals surface area contributed by atoms with Gasteiger partial charge in [0.05, 0.1) is 7.11 Å². The lowest BCUT2D eigenvalue weighted by molar-refractivity contribution is -0.123. The smallest absolute Gasteiger partial charge is 0.258 e. The highest BCUT2D eigenvalue weighted by Gasteiger charge is 2.12. The molecule has 0 radical (unpaired) electrons. The van der Waals surface area contributed by atoms with E-state index in [4.69, 9.17) is 13.9 Å². The summed E-state index contributed by atoms with van der Waals surface area (Å²) in [5, 5.41) is 3.98. The molecule has 0 saturated heterocycles. The second kappa shape index (κ2) is 7.75. The maximum absolute atomic E-state index is 12.1. The van der Waals surface area contributed by atoms with E-state index in [9.17, 15) is 4.79 Å². The van der Waals surface area contributed by atoms with Gasteiger partial charge >= 0.3 is 0 Å². The van der Waals surface area contributed by atoms with Crippen molar-refractivity contribution in [2.45, 2.75) is 19.4 Å². The molecule has 130 valence electrons. The molecule has 3 aromatic rings. The summed E-state index contributed by atoms with van der Waals surface area (Å²) >= 11 is 0. The van der Waals surface area contributed by atoms with E-state index in [0.29, 0.717) is 17.9 Å². The van der Waals surface area contributed by atoms with Crippen LogP contribution in [-0.2, 0) is 11.2 Å². The third-order valence-electron chi connectivity index (χ3n) is 3.82. The first-order valence-electron chi connectivity index (χ1n) is 8.18. The van der Waals surface area contributed by atoms with Crippen LogP contribution in [-0.4, -0.2) is 25.7 Å². The van der Waals surface area contributed by atoms with Crippen LogP contribution in [0.4, 0.5) is 0 Å². The number of methoxy groups -OCH3 is 1. The van der Waals surface area contributed by atoms with E-state index in [1.54, 1.807) is 19.2 Å². The zero-order chi connectivity index (χ0) is 17.6. The van der Waals surface area contributed by atoms with Crippen molar-refractivity contribution in [1.29, 1.82) is 0 Å². The van der Waals surface area contributed by atoms with Gasteiger partial charge in [-0.1, -0.05) is 30.3 Å². The van der Waals surface area contributed by atoms with E-state index >= 15 is 0 Å². The summed E-state index contributed by atoms with van der Waals surface area (Å²) in [7, 11) is 1.57. The van der Waals surface area contributed by atoms with Crippen LogP contribution in [0.3, 0.4) is 0 Å². The highest BCUT2D eigenvalue weighted by Crippen LogP contribution is 2.25. The maximum Gasteiger partial charge on any atom is 0.258 e. The average Bonchev–Trinajstić information content (AvgIpc) is 3.02. The second-order valence-corrected chi connectivity index (χ2v) is 5.86. The molecule has 0 aliphatic rings. The van der Waals surface area contributed by atoms with Gasteiger partial charge in [-0.05, 0) is 31.2 Å². The van der Waals surface area contributed by atoms with Crippen molar-refractivity contribution in [3.8, 4) is 11.5 Å². The number of benzene rings is 2. The molecule has 1 aromatic heterocycles. The lowest BCUT2D eigenvalue weighted by Gasteiger charge is -2.14. The van der Waals surface area contributed by atoms with Crippen molar-refractivity contribution in [3.05, 3.63) is 60.4 Å². The molecule has 5 nitrogen and oxygen atoms in total. The lowest BCUT2D eigenvalue weighted by atomic mass is 10.2. The summed E-state index contributed by atoms with van der Waals surface area (Å²) in [4.78, 5) is 12.1. The van der Waals surface area contributed by atoms with E-state index in [2.05, 4.69) is 5.32 Å². The minimum atomic E-state index is -0.186. The van der Waals surface area contributed by atoms with Gasteiger partial charge in [0.15, 0.2) is 18.1 Å². The maximum atomic E-state index is 12.1. The van der Waals surface area contributed by atoms with Crippen LogP contribution in [0.15, 0.2) is 59.0 Å². The van der Waals surface area contributed by atoms with E-state index in [-0.39, 0.29) is 18.6 Å². The standard InChI is InChI=1S/C20H21NO4/c1-14(11-16-12-15-7-3-4-8-17(15)25-16)21-20(22)13-24-19-10-6-5-9-18(19)23-2/h3-10,12,14H,11,13H2,1-2H3,(H,21,22). The molecular weight excluding hydrogens is 318 g/mol. The fourth-order valence-corrected chi connectivity index (χ4v) is 2.69. The highest BCUT2D eigenvalue weighted by atomic mass is 16.5. The predicted octanol–water partition coefficient (Wildman–Crippen LogP) is 3.57. The molecule has 3 rings (SSSR count). The zero-order valence-corrected chi connectivity index (χ0v) is 14.3. The SMILES string of the molecule is COc1ccccc1OCC(=O)NC(C)Cc1cc2ccccc2o1. The molecule has 0 fully saturated rings. The van der Waals surface area contributed by atoms with Gasteiger partial charge in [0.2, 0.25) is 0 Å². The van der Waals surface area contributed by atoms with Crippen LogP contribution < -0.4 is 14.8 Å². The number of nitrogens with one attached hydrogen (secondary N) is 1. The Kier molecular flexibility index (Phi) is 5.23. The van der Waals surface area contributed by atoms with Gasteiger partial charge in [-0.15, -0.1) is 0 Å². The summed E-state index contributed by atoms with van der Waals surface area (Å²) in [5.41, 5.74) is 0.857. The first kappa shape index (κ1) is 16.9. The quantitative estimate of drug-likeness (QED) is 0.715. The molecule has 5 heteroatoms. The Balaban J connectivity index is 1.52. The van der Waals surface area contributed by atoms with E-state index in [1.165, 1.54) is 0 Å². The molecule has 1 amide bonds. The van der Waals surface area contributed by atoms with Crippen molar-refractivity contribution in [2.24, 2.45) is 0 Å². The van der Waals surface area contributed by atoms with Gasteiger partial charge in [0.1, 0.15) is 11.3 Å². The summed E-state index contributed by atoms with van der Waals surface area (Å²) in [5.74, 6) is 1.81. The summed E-state index contributed by atoms with van der Waals surface area (Å²) in [6.07, 6.45) is 0.620. The summed E-state index contributed by atoms with van der Waals surface area (Å²) in [6.45, 7) is 1.87. The highest BCUT2D eigenvalue weighted by molar-refractivity contribution is 5.78. The Bertz CT molecular complexity index is 823. The van der Waals surface area contributed by atoms with Crippen molar-refractivity contribution >= 4 is 16.9 Å². The fourth-order valence-electron chi connectivity index (χ4n) is 2.69. The fraction of sp³-hybridized carbons (Fsp3) is 0.250. The number of hydrogen-bond acceptors (Lipinski definition) is 4. The molecule has 0 aliphatic carbocycles. The Labute approximate surface area is 146 Å². The molecular formula is C20H21NO4. The molecule has 0 bridgehead atoms. The molecule has 1 atom stereocenters. The number of furan rings is 1. The van der Waals surface area contributed by atoms with Crippen molar-refractivity contribution in [2.75, 3.05) is 13.7 Å². The molecule has 2 aromatic carbocycles. The molecule has 0 spiro atoms. The Morgan fingerprint density at radius 2 is 1.84 bits per heavy atom. The van der Waals surface area contributed by atoms with Gasteiger partial charge in [-0.2, -0.15) is 0 Å². The number of para-hydroxylation sites is 3. The van der Waals surface area contributed by atoms with Gasteiger partial charge in [-0.25, -0.2) is 0 Å². The molecule has 1 heterocycles.